The first-order chi connectivity index (χ1) is 9.38. The largest absolute Gasteiger partial charge is 0.457 e. The summed E-state index contributed by atoms with van der Waals surface area (Å²) in [5.74, 6) is 0.0953. The highest BCUT2D eigenvalue weighted by molar-refractivity contribution is 5.44. The van der Waals surface area contributed by atoms with Crippen molar-refractivity contribution in [3.63, 3.8) is 0 Å². The Morgan fingerprint density at radius 3 is 2.30 bits per heavy atom. The van der Waals surface area contributed by atoms with Gasteiger partial charge in [-0.2, -0.15) is 0 Å². The molecule has 0 aromatic heterocycles. The number of hydrogen-bond acceptors (Lipinski definition) is 2. The Hall–Kier alpha value is -1.94. The summed E-state index contributed by atoms with van der Waals surface area (Å²) < 4.78 is 32.3. The number of halogens is 2. The van der Waals surface area contributed by atoms with Crippen LogP contribution in [0.5, 0.6) is 11.5 Å². The van der Waals surface area contributed by atoms with E-state index >= 15 is 0 Å². The molecule has 0 spiro atoms. The Morgan fingerprint density at radius 2 is 1.70 bits per heavy atom. The van der Waals surface area contributed by atoms with E-state index in [9.17, 15) is 13.9 Å². The maximum Gasteiger partial charge on any atom is 0.133 e. The standard InChI is InChI=1S/C16H16F2O2/c1-9-7-16(13(11(3)19)8-14(9)18)20-15-5-4-12(17)6-10(15)2/h4-8,11,19H,1-3H3/t11-/m0/s1. The number of aryl methyl sites for hydroxylation is 2. The van der Waals surface area contributed by atoms with Crippen LogP contribution in [-0.2, 0) is 0 Å². The molecule has 2 aromatic rings. The quantitative estimate of drug-likeness (QED) is 0.900. The molecule has 0 fully saturated rings. The fourth-order valence-electron chi connectivity index (χ4n) is 1.93. The van der Waals surface area contributed by atoms with E-state index in [0.717, 1.165) is 0 Å². The van der Waals surface area contributed by atoms with Gasteiger partial charge in [-0.15, -0.1) is 0 Å². The summed E-state index contributed by atoms with van der Waals surface area (Å²) in [7, 11) is 0. The fraction of sp³-hybridized carbons (Fsp3) is 0.250. The Bertz CT molecular complexity index is 637. The van der Waals surface area contributed by atoms with Crippen LogP contribution in [0.3, 0.4) is 0 Å². The normalized spacial score (nSPS) is 12.3. The Balaban J connectivity index is 2.44. The minimum Gasteiger partial charge on any atom is -0.457 e. The van der Waals surface area contributed by atoms with Crippen LogP contribution in [0.1, 0.15) is 29.7 Å². The molecule has 1 N–H and O–H groups in total. The second kappa shape index (κ2) is 5.59. The SMILES string of the molecule is Cc1cc(Oc2ccc(F)cc2C)c([C@H](C)O)cc1F. The summed E-state index contributed by atoms with van der Waals surface area (Å²) in [6, 6.07) is 6.94. The number of ether oxygens (including phenoxy) is 1. The predicted molar refractivity (Wildman–Crippen MR) is 73.0 cm³/mol. The van der Waals surface area contributed by atoms with Gasteiger partial charge in [-0.3, -0.25) is 0 Å². The van der Waals surface area contributed by atoms with Gasteiger partial charge in [-0.25, -0.2) is 8.78 Å². The third kappa shape index (κ3) is 2.96. The third-order valence-electron chi connectivity index (χ3n) is 3.10. The van der Waals surface area contributed by atoms with Gasteiger partial charge in [-0.1, -0.05) is 0 Å². The van der Waals surface area contributed by atoms with E-state index in [1.54, 1.807) is 13.8 Å². The molecular weight excluding hydrogens is 262 g/mol. The van der Waals surface area contributed by atoms with E-state index in [-0.39, 0.29) is 5.82 Å². The topological polar surface area (TPSA) is 29.5 Å². The highest BCUT2D eigenvalue weighted by Crippen LogP contribution is 2.33. The maximum absolute atomic E-state index is 13.6. The van der Waals surface area contributed by atoms with Crippen molar-refractivity contribution in [3.8, 4) is 11.5 Å². The van der Waals surface area contributed by atoms with Crippen molar-refractivity contribution in [1.29, 1.82) is 0 Å². The molecule has 0 unspecified atom stereocenters. The van der Waals surface area contributed by atoms with Crippen LogP contribution in [0, 0.1) is 25.5 Å². The summed E-state index contributed by atoms with van der Waals surface area (Å²) in [5, 5.41) is 9.70. The first kappa shape index (κ1) is 14.5. The number of aliphatic hydroxyl groups is 1. The molecule has 2 rings (SSSR count). The van der Waals surface area contributed by atoms with Crippen molar-refractivity contribution in [2.45, 2.75) is 26.9 Å². The first-order valence-corrected chi connectivity index (χ1v) is 6.30. The molecule has 20 heavy (non-hydrogen) atoms. The molecule has 0 aliphatic rings. The van der Waals surface area contributed by atoms with Crippen LogP contribution in [0.25, 0.3) is 0 Å². The van der Waals surface area contributed by atoms with Crippen molar-refractivity contribution >= 4 is 0 Å². The summed E-state index contributed by atoms with van der Waals surface area (Å²) in [4.78, 5) is 0. The number of aliphatic hydroxyl groups excluding tert-OH is 1. The van der Waals surface area contributed by atoms with Gasteiger partial charge in [0.2, 0.25) is 0 Å². The monoisotopic (exact) mass is 278 g/mol. The molecule has 0 saturated heterocycles. The van der Waals surface area contributed by atoms with Gasteiger partial charge >= 0.3 is 0 Å². The average Bonchev–Trinajstić information content (AvgIpc) is 2.36. The average molecular weight is 278 g/mol. The van der Waals surface area contributed by atoms with E-state index in [4.69, 9.17) is 4.74 Å². The molecule has 2 nitrogen and oxygen atoms in total. The lowest BCUT2D eigenvalue weighted by Gasteiger charge is -2.16. The van der Waals surface area contributed by atoms with Crippen LogP contribution in [0.15, 0.2) is 30.3 Å². The van der Waals surface area contributed by atoms with Crippen LogP contribution in [-0.4, -0.2) is 5.11 Å². The summed E-state index contributed by atoms with van der Waals surface area (Å²) in [5.41, 5.74) is 1.41. The zero-order valence-electron chi connectivity index (χ0n) is 11.6. The fourth-order valence-corrected chi connectivity index (χ4v) is 1.93. The summed E-state index contributed by atoms with van der Waals surface area (Å²) in [6.45, 7) is 4.87. The van der Waals surface area contributed by atoms with E-state index < -0.39 is 11.9 Å². The smallest absolute Gasteiger partial charge is 0.133 e. The highest BCUT2D eigenvalue weighted by atomic mass is 19.1. The van der Waals surface area contributed by atoms with Gasteiger partial charge in [0.15, 0.2) is 0 Å². The van der Waals surface area contributed by atoms with Crippen LogP contribution < -0.4 is 4.74 Å². The van der Waals surface area contributed by atoms with Crippen LogP contribution in [0.4, 0.5) is 8.78 Å². The molecule has 2 aromatic carbocycles. The maximum atomic E-state index is 13.6. The molecule has 4 heteroatoms. The zero-order valence-corrected chi connectivity index (χ0v) is 11.6. The second-order valence-corrected chi connectivity index (χ2v) is 4.83. The predicted octanol–water partition coefficient (Wildman–Crippen LogP) is 4.43. The van der Waals surface area contributed by atoms with E-state index in [0.29, 0.717) is 28.2 Å². The molecule has 106 valence electrons. The minimum absolute atomic E-state index is 0.346. The molecule has 0 bridgehead atoms. The van der Waals surface area contributed by atoms with Crippen molar-refractivity contribution in [2.75, 3.05) is 0 Å². The van der Waals surface area contributed by atoms with Gasteiger partial charge in [-0.05, 0) is 62.2 Å². The molecule has 0 heterocycles. The lowest BCUT2D eigenvalue weighted by atomic mass is 10.1. The molecule has 0 radical (unpaired) electrons. The summed E-state index contributed by atoms with van der Waals surface area (Å²) in [6.07, 6.45) is -0.860. The minimum atomic E-state index is -0.860. The van der Waals surface area contributed by atoms with Crippen molar-refractivity contribution < 1.29 is 18.6 Å². The van der Waals surface area contributed by atoms with Crippen molar-refractivity contribution in [2.24, 2.45) is 0 Å². The molecule has 0 saturated carbocycles. The molecule has 1 atom stereocenters. The van der Waals surface area contributed by atoms with Crippen molar-refractivity contribution in [3.05, 3.63) is 58.7 Å². The first-order valence-electron chi connectivity index (χ1n) is 6.30. The van der Waals surface area contributed by atoms with E-state index in [1.807, 2.05) is 0 Å². The van der Waals surface area contributed by atoms with Gasteiger partial charge in [0.05, 0.1) is 6.10 Å². The van der Waals surface area contributed by atoms with Gasteiger partial charge in [0.25, 0.3) is 0 Å². The van der Waals surface area contributed by atoms with Gasteiger partial charge in [0, 0.05) is 5.56 Å². The highest BCUT2D eigenvalue weighted by Gasteiger charge is 2.14. The zero-order chi connectivity index (χ0) is 14.9. The Kier molecular flexibility index (Phi) is 4.04. The lowest BCUT2D eigenvalue weighted by Crippen LogP contribution is -2.00. The molecule has 0 aliphatic heterocycles. The Labute approximate surface area is 116 Å². The third-order valence-corrected chi connectivity index (χ3v) is 3.10. The molecule has 0 aliphatic carbocycles. The second-order valence-electron chi connectivity index (χ2n) is 4.83. The van der Waals surface area contributed by atoms with E-state index in [1.165, 1.54) is 37.3 Å². The number of hydrogen-bond donors (Lipinski definition) is 1. The van der Waals surface area contributed by atoms with Gasteiger partial charge in [0.1, 0.15) is 23.1 Å². The summed E-state index contributed by atoms with van der Waals surface area (Å²) >= 11 is 0. The van der Waals surface area contributed by atoms with Crippen LogP contribution >= 0.6 is 0 Å². The lowest BCUT2D eigenvalue weighted by molar-refractivity contribution is 0.195. The molecular formula is C16H16F2O2. The Morgan fingerprint density at radius 1 is 1.00 bits per heavy atom. The van der Waals surface area contributed by atoms with Gasteiger partial charge < -0.3 is 9.84 Å². The molecule has 0 amide bonds. The number of rotatable bonds is 3. The number of benzene rings is 2. The van der Waals surface area contributed by atoms with Crippen molar-refractivity contribution in [1.82, 2.24) is 0 Å². The van der Waals surface area contributed by atoms with Crippen LogP contribution in [0.2, 0.25) is 0 Å². The van der Waals surface area contributed by atoms with E-state index in [2.05, 4.69) is 0 Å².